The van der Waals surface area contributed by atoms with E-state index in [4.69, 9.17) is 5.73 Å². The maximum absolute atomic E-state index is 6.20. The van der Waals surface area contributed by atoms with Gasteiger partial charge in [0.25, 0.3) is 0 Å². The van der Waals surface area contributed by atoms with E-state index < -0.39 is 0 Å². The van der Waals surface area contributed by atoms with Crippen LogP contribution in [0.4, 0.5) is 0 Å². The van der Waals surface area contributed by atoms with Crippen molar-refractivity contribution in [1.29, 1.82) is 0 Å². The number of hydrogen-bond donors (Lipinski definition) is 2. The minimum absolute atomic E-state index is 0.225. The largest absolute Gasteiger partial charge is 0.324 e. The molecular formula is C17H26N2. The Labute approximate surface area is 116 Å². The molecule has 1 aromatic carbocycles. The van der Waals surface area contributed by atoms with Crippen molar-refractivity contribution in [1.82, 2.24) is 5.32 Å². The lowest BCUT2D eigenvalue weighted by Crippen LogP contribution is -2.21. The summed E-state index contributed by atoms with van der Waals surface area (Å²) in [5.74, 6) is 1.01. The molecule has 2 atom stereocenters. The highest BCUT2D eigenvalue weighted by Crippen LogP contribution is 2.37. The monoisotopic (exact) mass is 258 g/mol. The smallest absolute Gasteiger partial charge is 0.0341 e. The Morgan fingerprint density at radius 3 is 2.63 bits per heavy atom. The van der Waals surface area contributed by atoms with Crippen molar-refractivity contribution in [3.63, 3.8) is 0 Å². The zero-order valence-corrected chi connectivity index (χ0v) is 11.8. The van der Waals surface area contributed by atoms with E-state index in [9.17, 15) is 0 Å². The van der Waals surface area contributed by atoms with E-state index >= 15 is 0 Å². The van der Waals surface area contributed by atoms with Crippen molar-refractivity contribution in [2.24, 2.45) is 11.7 Å². The highest BCUT2D eigenvalue weighted by molar-refractivity contribution is 5.37. The molecule has 1 saturated carbocycles. The summed E-state index contributed by atoms with van der Waals surface area (Å²) in [7, 11) is 0. The third kappa shape index (κ3) is 3.01. The summed E-state index contributed by atoms with van der Waals surface area (Å²) in [6.07, 6.45) is 9.65. The molecule has 0 amide bonds. The standard InChI is InChI=1S/C17H26N2/c18-16-12-17(15-10-4-3-9-14(15)16)19-11-5-8-13-6-1-2-7-13/h3-4,9-10,13,16-17,19H,1-2,5-8,11-12,18H2. The first-order valence-electron chi connectivity index (χ1n) is 7.92. The summed E-state index contributed by atoms with van der Waals surface area (Å²) in [5.41, 5.74) is 8.97. The van der Waals surface area contributed by atoms with E-state index in [2.05, 4.69) is 29.6 Å². The second kappa shape index (κ2) is 6.06. The zero-order chi connectivity index (χ0) is 13.1. The molecule has 3 rings (SSSR count). The van der Waals surface area contributed by atoms with Gasteiger partial charge in [0.15, 0.2) is 0 Å². The van der Waals surface area contributed by atoms with Gasteiger partial charge in [-0.2, -0.15) is 0 Å². The van der Waals surface area contributed by atoms with Gasteiger partial charge >= 0.3 is 0 Å². The molecule has 3 N–H and O–H groups in total. The maximum Gasteiger partial charge on any atom is 0.0341 e. The van der Waals surface area contributed by atoms with Gasteiger partial charge in [0.2, 0.25) is 0 Å². The third-order valence-corrected chi connectivity index (χ3v) is 4.92. The van der Waals surface area contributed by atoms with Crippen LogP contribution in [0, 0.1) is 5.92 Å². The van der Waals surface area contributed by atoms with E-state index in [1.807, 2.05) is 0 Å². The fourth-order valence-electron chi connectivity index (χ4n) is 3.83. The van der Waals surface area contributed by atoms with E-state index in [0.29, 0.717) is 6.04 Å². The van der Waals surface area contributed by atoms with Crippen LogP contribution in [0.25, 0.3) is 0 Å². The number of nitrogens with two attached hydrogens (primary N) is 1. The van der Waals surface area contributed by atoms with Crippen LogP contribution in [-0.2, 0) is 0 Å². The number of benzene rings is 1. The van der Waals surface area contributed by atoms with Gasteiger partial charge in [-0.15, -0.1) is 0 Å². The predicted octanol–water partition coefficient (Wildman–Crippen LogP) is 3.69. The Morgan fingerprint density at radius 2 is 1.84 bits per heavy atom. The molecule has 0 heterocycles. The van der Waals surface area contributed by atoms with E-state index in [-0.39, 0.29) is 6.04 Å². The lowest BCUT2D eigenvalue weighted by Gasteiger charge is -2.15. The molecule has 2 aliphatic carbocycles. The van der Waals surface area contributed by atoms with Crippen LogP contribution in [0.3, 0.4) is 0 Å². The Morgan fingerprint density at radius 1 is 1.11 bits per heavy atom. The molecular weight excluding hydrogens is 232 g/mol. The van der Waals surface area contributed by atoms with Gasteiger partial charge in [0.05, 0.1) is 0 Å². The van der Waals surface area contributed by atoms with E-state index in [1.54, 1.807) is 0 Å². The van der Waals surface area contributed by atoms with Crippen molar-refractivity contribution >= 4 is 0 Å². The summed E-state index contributed by atoms with van der Waals surface area (Å²) in [6, 6.07) is 9.35. The second-order valence-electron chi connectivity index (χ2n) is 6.27. The quantitative estimate of drug-likeness (QED) is 0.790. The molecule has 2 heteroatoms. The molecule has 1 fully saturated rings. The lowest BCUT2D eigenvalue weighted by atomic mass is 10.0. The predicted molar refractivity (Wildman–Crippen MR) is 79.9 cm³/mol. The Kier molecular flexibility index (Phi) is 4.19. The molecule has 0 saturated heterocycles. The van der Waals surface area contributed by atoms with Crippen molar-refractivity contribution in [3.8, 4) is 0 Å². The summed E-state index contributed by atoms with van der Waals surface area (Å²) < 4.78 is 0. The molecule has 0 aromatic heterocycles. The molecule has 1 aromatic rings. The Bertz CT molecular complexity index is 409. The first-order valence-corrected chi connectivity index (χ1v) is 7.92. The molecule has 0 bridgehead atoms. The number of rotatable bonds is 5. The van der Waals surface area contributed by atoms with Crippen LogP contribution in [0.5, 0.6) is 0 Å². The van der Waals surface area contributed by atoms with Gasteiger partial charge in [-0.25, -0.2) is 0 Å². The van der Waals surface area contributed by atoms with Crippen LogP contribution in [-0.4, -0.2) is 6.54 Å². The average Bonchev–Trinajstić information content (AvgIpc) is 3.04. The van der Waals surface area contributed by atoms with Gasteiger partial charge in [-0.05, 0) is 42.9 Å². The van der Waals surface area contributed by atoms with Gasteiger partial charge in [-0.1, -0.05) is 49.9 Å². The minimum atomic E-state index is 0.225. The number of hydrogen-bond acceptors (Lipinski definition) is 2. The maximum atomic E-state index is 6.20. The van der Waals surface area contributed by atoms with Crippen LogP contribution in [0.2, 0.25) is 0 Å². The minimum Gasteiger partial charge on any atom is -0.324 e. The Balaban J connectivity index is 1.46. The molecule has 2 nitrogen and oxygen atoms in total. The van der Waals surface area contributed by atoms with Crippen LogP contribution >= 0.6 is 0 Å². The first kappa shape index (κ1) is 13.1. The van der Waals surface area contributed by atoms with E-state index in [0.717, 1.165) is 18.9 Å². The highest BCUT2D eigenvalue weighted by atomic mass is 14.9. The summed E-state index contributed by atoms with van der Waals surface area (Å²) in [5, 5.41) is 3.71. The summed E-state index contributed by atoms with van der Waals surface area (Å²) in [6.45, 7) is 1.14. The zero-order valence-electron chi connectivity index (χ0n) is 11.8. The fraction of sp³-hybridized carbons (Fsp3) is 0.647. The highest BCUT2D eigenvalue weighted by Gasteiger charge is 2.27. The molecule has 0 spiro atoms. The van der Waals surface area contributed by atoms with Crippen LogP contribution in [0.15, 0.2) is 24.3 Å². The van der Waals surface area contributed by atoms with Crippen molar-refractivity contribution < 1.29 is 0 Å². The van der Waals surface area contributed by atoms with Crippen LogP contribution < -0.4 is 11.1 Å². The van der Waals surface area contributed by atoms with Gasteiger partial charge < -0.3 is 11.1 Å². The molecule has 104 valence electrons. The molecule has 2 aliphatic rings. The normalized spacial score (nSPS) is 26.8. The summed E-state index contributed by atoms with van der Waals surface area (Å²) in [4.78, 5) is 0. The summed E-state index contributed by atoms with van der Waals surface area (Å²) >= 11 is 0. The SMILES string of the molecule is NC1CC(NCCCC2CCCC2)c2ccccc21. The Hall–Kier alpha value is -0.860. The molecule has 19 heavy (non-hydrogen) atoms. The van der Waals surface area contributed by atoms with Gasteiger partial charge in [-0.3, -0.25) is 0 Å². The number of nitrogens with one attached hydrogen (secondary N) is 1. The van der Waals surface area contributed by atoms with Crippen molar-refractivity contribution in [2.45, 2.75) is 57.0 Å². The molecule has 0 aliphatic heterocycles. The first-order chi connectivity index (χ1) is 9.34. The van der Waals surface area contributed by atoms with Crippen molar-refractivity contribution in [3.05, 3.63) is 35.4 Å². The van der Waals surface area contributed by atoms with Crippen molar-refractivity contribution in [2.75, 3.05) is 6.54 Å². The van der Waals surface area contributed by atoms with E-state index in [1.165, 1.54) is 49.7 Å². The molecule has 0 radical (unpaired) electrons. The lowest BCUT2D eigenvalue weighted by molar-refractivity contribution is 0.440. The number of fused-ring (bicyclic) bond motifs is 1. The molecule has 2 unspecified atom stereocenters. The van der Waals surface area contributed by atoms with Gasteiger partial charge in [0.1, 0.15) is 0 Å². The van der Waals surface area contributed by atoms with Gasteiger partial charge in [0, 0.05) is 12.1 Å². The average molecular weight is 258 g/mol. The third-order valence-electron chi connectivity index (χ3n) is 4.92. The topological polar surface area (TPSA) is 38.0 Å². The van der Waals surface area contributed by atoms with Crippen LogP contribution in [0.1, 0.15) is 68.2 Å². The fourth-order valence-corrected chi connectivity index (χ4v) is 3.83. The second-order valence-corrected chi connectivity index (χ2v) is 6.27.